The van der Waals surface area contributed by atoms with Crippen molar-refractivity contribution in [2.45, 2.75) is 31.8 Å². The van der Waals surface area contributed by atoms with Gasteiger partial charge in [0.05, 0.1) is 18.4 Å². The summed E-state index contributed by atoms with van der Waals surface area (Å²) < 4.78 is 1.44. The van der Waals surface area contributed by atoms with Crippen molar-refractivity contribution in [1.29, 1.82) is 0 Å². The second kappa shape index (κ2) is 6.45. The number of rotatable bonds is 4. The zero-order chi connectivity index (χ0) is 19.1. The minimum atomic E-state index is -1.74. The first-order valence-corrected chi connectivity index (χ1v) is 8.42. The molecule has 1 aromatic heterocycles. The molecule has 4 N–H and O–H groups in total. The number of nitrogens with zero attached hydrogens (tertiary/aromatic N) is 3. The molecule has 138 valence electrons. The largest absolute Gasteiger partial charge is 0.504 e. The van der Waals surface area contributed by atoms with Gasteiger partial charge in [0.1, 0.15) is 0 Å². The standard InChI is InChI=1S/C18H22N4O4/c1-11(2)12-4-3-5-13(8-12)22-9-14(23)15(20-22)16(24)21-7-6-18(26,10-21)17(19)25/h3-5,8-9,11,23,26H,6-7,10H2,1-2H3,(H2,19,25). The van der Waals surface area contributed by atoms with E-state index in [1.54, 1.807) is 0 Å². The van der Waals surface area contributed by atoms with Crippen LogP contribution in [0.25, 0.3) is 5.69 Å². The summed E-state index contributed by atoms with van der Waals surface area (Å²) in [5.74, 6) is -1.36. The van der Waals surface area contributed by atoms with Crippen LogP contribution in [0.1, 0.15) is 42.2 Å². The first kappa shape index (κ1) is 17.9. The third-order valence-corrected chi connectivity index (χ3v) is 4.69. The minimum Gasteiger partial charge on any atom is -0.504 e. The molecular weight excluding hydrogens is 336 g/mol. The molecule has 8 heteroatoms. The van der Waals surface area contributed by atoms with Gasteiger partial charge in [-0.2, -0.15) is 5.10 Å². The molecule has 1 aliphatic rings. The molecule has 1 saturated heterocycles. The summed E-state index contributed by atoms with van der Waals surface area (Å²) in [4.78, 5) is 25.2. The Morgan fingerprint density at radius 1 is 1.35 bits per heavy atom. The Morgan fingerprint density at radius 3 is 2.69 bits per heavy atom. The molecule has 2 amide bonds. The fourth-order valence-corrected chi connectivity index (χ4v) is 2.99. The Hall–Kier alpha value is -2.87. The van der Waals surface area contributed by atoms with E-state index < -0.39 is 17.4 Å². The zero-order valence-corrected chi connectivity index (χ0v) is 14.7. The van der Waals surface area contributed by atoms with Crippen LogP contribution in [0, 0.1) is 0 Å². The molecule has 1 unspecified atom stereocenters. The molecule has 2 heterocycles. The average molecular weight is 358 g/mol. The Kier molecular flexibility index (Phi) is 4.45. The molecule has 2 aromatic rings. The van der Waals surface area contributed by atoms with E-state index in [1.807, 2.05) is 24.3 Å². The number of nitrogens with two attached hydrogens (primary N) is 1. The van der Waals surface area contributed by atoms with Crippen molar-refractivity contribution >= 4 is 11.8 Å². The van der Waals surface area contributed by atoms with Gasteiger partial charge in [-0.1, -0.05) is 26.0 Å². The van der Waals surface area contributed by atoms with Gasteiger partial charge in [0, 0.05) is 13.0 Å². The lowest BCUT2D eigenvalue weighted by molar-refractivity contribution is -0.134. The summed E-state index contributed by atoms with van der Waals surface area (Å²) in [6, 6.07) is 7.65. The number of hydrogen-bond donors (Lipinski definition) is 3. The molecule has 1 aromatic carbocycles. The number of β-amino-alcohol motifs (C(OH)–C–C–N with tert-alkyl or cyclic N) is 1. The van der Waals surface area contributed by atoms with Crippen LogP contribution < -0.4 is 5.73 Å². The van der Waals surface area contributed by atoms with Crippen molar-refractivity contribution in [3.63, 3.8) is 0 Å². The van der Waals surface area contributed by atoms with Gasteiger partial charge >= 0.3 is 0 Å². The van der Waals surface area contributed by atoms with Crippen molar-refractivity contribution in [1.82, 2.24) is 14.7 Å². The highest BCUT2D eigenvalue weighted by Crippen LogP contribution is 2.26. The van der Waals surface area contributed by atoms with E-state index in [0.717, 1.165) is 11.3 Å². The molecule has 1 aliphatic heterocycles. The van der Waals surface area contributed by atoms with Crippen molar-refractivity contribution in [2.24, 2.45) is 5.73 Å². The first-order chi connectivity index (χ1) is 12.2. The van der Waals surface area contributed by atoms with Gasteiger partial charge < -0.3 is 20.8 Å². The molecule has 26 heavy (non-hydrogen) atoms. The summed E-state index contributed by atoms with van der Waals surface area (Å²) >= 11 is 0. The van der Waals surface area contributed by atoms with Crippen LogP contribution in [0.3, 0.4) is 0 Å². The van der Waals surface area contributed by atoms with Crippen LogP contribution in [0.4, 0.5) is 0 Å². The average Bonchev–Trinajstić information content (AvgIpc) is 3.19. The zero-order valence-electron chi connectivity index (χ0n) is 14.7. The topological polar surface area (TPSA) is 122 Å². The smallest absolute Gasteiger partial charge is 0.278 e. The van der Waals surface area contributed by atoms with E-state index in [0.29, 0.717) is 5.92 Å². The van der Waals surface area contributed by atoms with E-state index in [2.05, 4.69) is 18.9 Å². The fraction of sp³-hybridized carbons (Fsp3) is 0.389. The molecule has 0 radical (unpaired) electrons. The summed E-state index contributed by atoms with van der Waals surface area (Å²) in [6.45, 7) is 4.09. The lowest BCUT2D eigenvalue weighted by Crippen LogP contribution is -2.46. The fourth-order valence-electron chi connectivity index (χ4n) is 2.99. The number of amides is 2. The number of likely N-dealkylation sites (tertiary alicyclic amines) is 1. The van der Waals surface area contributed by atoms with Crippen molar-refractivity contribution in [3.05, 3.63) is 41.7 Å². The molecule has 1 atom stereocenters. The number of carbonyl (C=O) groups is 2. The van der Waals surface area contributed by atoms with Crippen molar-refractivity contribution < 1.29 is 19.8 Å². The van der Waals surface area contributed by atoms with Gasteiger partial charge in [-0.3, -0.25) is 9.59 Å². The van der Waals surface area contributed by atoms with E-state index in [9.17, 15) is 19.8 Å². The lowest BCUT2D eigenvalue weighted by Gasteiger charge is -2.19. The Morgan fingerprint density at radius 2 is 2.08 bits per heavy atom. The molecule has 0 spiro atoms. The highest BCUT2D eigenvalue weighted by Gasteiger charge is 2.44. The Bertz CT molecular complexity index is 861. The second-order valence-corrected chi connectivity index (χ2v) is 6.93. The van der Waals surface area contributed by atoms with Crippen molar-refractivity contribution in [2.75, 3.05) is 13.1 Å². The molecule has 8 nitrogen and oxygen atoms in total. The number of primary amides is 1. The molecule has 1 fully saturated rings. The Balaban J connectivity index is 1.86. The Labute approximate surface area is 150 Å². The number of aromatic hydroxyl groups is 1. The van der Waals surface area contributed by atoms with Crippen LogP contribution >= 0.6 is 0 Å². The number of aliphatic hydroxyl groups is 1. The number of benzene rings is 1. The van der Waals surface area contributed by atoms with Crippen LogP contribution in [-0.2, 0) is 4.79 Å². The summed E-state index contributed by atoms with van der Waals surface area (Å²) in [5.41, 5.74) is 5.15. The van der Waals surface area contributed by atoms with E-state index >= 15 is 0 Å². The predicted molar refractivity (Wildman–Crippen MR) is 94.0 cm³/mol. The van der Waals surface area contributed by atoms with Crippen molar-refractivity contribution in [3.8, 4) is 11.4 Å². The van der Waals surface area contributed by atoms with Crippen LogP contribution in [-0.4, -0.2) is 55.4 Å². The second-order valence-electron chi connectivity index (χ2n) is 6.93. The van der Waals surface area contributed by atoms with E-state index in [4.69, 9.17) is 5.73 Å². The lowest BCUT2D eigenvalue weighted by atomic mass is 10.0. The van der Waals surface area contributed by atoms with Crippen LogP contribution in [0.5, 0.6) is 5.75 Å². The van der Waals surface area contributed by atoms with Gasteiger partial charge in [-0.25, -0.2) is 4.68 Å². The maximum absolute atomic E-state index is 12.6. The van der Waals surface area contributed by atoms with E-state index in [-0.39, 0.29) is 31.0 Å². The number of hydrogen-bond acceptors (Lipinski definition) is 5. The van der Waals surface area contributed by atoms with Gasteiger partial charge in [0.15, 0.2) is 17.0 Å². The quantitative estimate of drug-likeness (QED) is 0.745. The maximum atomic E-state index is 12.6. The third-order valence-electron chi connectivity index (χ3n) is 4.69. The predicted octanol–water partition coefficient (Wildman–Crippen LogP) is 0.764. The van der Waals surface area contributed by atoms with E-state index in [1.165, 1.54) is 15.8 Å². The SMILES string of the molecule is CC(C)c1cccc(-n2cc(O)c(C(=O)N3CCC(O)(C(N)=O)C3)n2)c1. The molecular formula is C18H22N4O4. The molecule has 3 rings (SSSR count). The molecule has 0 bridgehead atoms. The summed E-state index contributed by atoms with van der Waals surface area (Å²) in [5, 5.41) is 24.5. The van der Waals surface area contributed by atoms with Gasteiger partial charge in [0.2, 0.25) is 0 Å². The summed E-state index contributed by atoms with van der Waals surface area (Å²) in [6.07, 6.45) is 1.43. The van der Waals surface area contributed by atoms with Gasteiger partial charge in [-0.05, 0) is 23.6 Å². The van der Waals surface area contributed by atoms with Crippen LogP contribution in [0.15, 0.2) is 30.5 Å². The third kappa shape index (κ3) is 3.15. The number of aromatic nitrogens is 2. The first-order valence-electron chi connectivity index (χ1n) is 8.42. The number of carbonyl (C=O) groups excluding carboxylic acids is 2. The normalized spacial score (nSPS) is 19.9. The minimum absolute atomic E-state index is 0.0615. The molecule has 0 saturated carbocycles. The highest BCUT2D eigenvalue weighted by atomic mass is 16.3. The maximum Gasteiger partial charge on any atom is 0.278 e. The molecule has 0 aliphatic carbocycles. The summed E-state index contributed by atoms with van der Waals surface area (Å²) in [7, 11) is 0. The van der Waals surface area contributed by atoms with Gasteiger partial charge in [0.25, 0.3) is 11.8 Å². The monoisotopic (exact) mass is 358 g/mol. The van der Waals surface area contributed by atoms with Gasteiger partial charge in [-0.15, -0.1) is 0 Å². The van der Waals surface area contributed by atoms with Crippen LogP contribution in [0.2, 0.25) is 0 Å². The highest BCUT2D eigenvalue weighted by molar-refractivity contribution is 5.96.